The summed E-state index contributed by atoms with van der Waals surface area (Å²) in [4.78, 5) is 0. The van der Waals surface area contributed by atoms with Gasteiger partial charge in [0.1, 0.15) is 5.75 Å². The number of unbranched alkanes of at least 4 members (excludes halogenated alkanes) is 12. The predicted molar refractivity (Wildman–Crippen MR) is 97.6 cm³/mol. The lowest BCUT2D eigenvalue weighted by Crippen LogP contribution is -1.86. The molecule has 130 valence electrons. The highest BCUT2D eigenvalue weighted by molar-refractivity contribution is 5.63. The monoisotopic (exact) mass is 318 g/mol. The average Bonchev–Trinajstić information content (AvgIpc) is 3.33. The molecule has 0 unspecified atom stereocenters. The SMILES string of the molecule is CCCCCCCCCCCCCCCc1c(O)ccc2c1O2. The molecule has 0 saturated heterocycles. The number of benzene rings is 1. The topological polar surface area (TPSA) is 32.8 Å². The molecule has 0 radical (unpaired) electrons. The van der Waals surface area contributed by atoms with Crippen LogP contribution in [0.3, 0.4) is 0 Å². The van der Waals surface area contributed by atoms with Crippen LogP contribution in [0.5, 0.6) is 17.2 Å². The smallest absolute Gasteiger partial charge is 0.177 e. The van der Waals surface area contributed by atoms with Crippen molar-refractivity contribution in [3.05, 3.63) is 17.7 Å². The number of phenols is 1. The molecule has 0 saturated carbocycles. The lowest BCUT2D eigenvalue weighted by Gasteiger charge is -2.04. The Kier molecular flexibility index (Phi) is 8.35. The first-order chi connectivity index (χ1) is 11.3. The summed E-state index contributed by atoms with van der Waals surface area (Å²) in [5, 5.41) is 9.84. The Hall–Kier alpha value is -1.18. The van der Waals surface area contributed by atoms with Crippen molar-refractivity contribution in [2.45, 2.75) is 96.8 Å². The molecule has 1 aliphatic rings. The Balaban J connectivity index is 1.36. The van der Waals surface area contributed by atoms with E-state index in [2.05, 4.69) is 6.92 Å². The molecule has 1 aliphatic heterocycles. The van der Waals surface area contributed by atoms with Crippen molar-refractivity contribution < 1.29 is 9.84 Å². The zero-order valence-electron chi connectivity index (χ0n) is 14.9. The van der Waals surface area contributed by atoms with Crippen LogP contribution in [0.25, 0.3) is 0 Å². The molecular formula is C21H34O2. The van der Waals surface area contributed by atoms with Gasteiger partial charge in [-0.1, -0.05) is 84.0 Å². The van der Waals surface area contributed by atoms with Crippen LogP contribution >= 0.6 is 0 Å². The van der Waals surface area contributed by atoms with E-state index in [4.69, 9.17) is 4.74 Å². The summed E-state index contributed by atoms with van der Waals surface area (Å²) in [6, 6.07) is 3.60. The third-order valence-corrected chi connectivity index (χ3v) is 4.90. The molecule has 23 heavy (non-hydrogen) atoms. The Morgan fingerprint density at radius 3 is 1.83 bits per heavy atom. The second-order valence-electron chi connectivity index (χ2n) is 6.99. The maximum absolute atomic E-state index is 9.84. The van der Waals surface area contributed by atoms with Crippen LogP contribution in [0.4, 0.5) is 0 Å². The van der Waals surface area contributed by atoms with Crippen LogP contribution < -0.4 is 4.74 Å². The molecule has 0 aliphatic carbocycles. The molecule has 1 aromatic carbocycles. The highest BCUT2D eigenvalue weighted by Crippen LogP contribution is 2.51. The van der Waals surface area contributed by atoms with Gasteiger partial charge in [-0.3, -0.25) is 0 Å². The third-order valence-electron chi connectivity index (χ3n) is 4.90. The molecule has 2 heteroatoms. The Bertz CT molecular complexity index is 450. The van der Waals surface area contributed by atoms with Gasteiger partial charge in [-0.2, -0.15) is 0 Å². The summed E-state index contributed by atoms with van der Waals surface area (Å²) in [7, 11) is 0. The van der Waals surface area contributed by atoms with Gasteiger partial charge in [0.25, 0.3) is 0 Å². The van der Waals surface area contributed by atoms with Crippen LogP contribution in [0.15, 0.2) is 12.1 Å². The van der Waals surface area contributed by atoms with Crippen LogP contribution in [0, 0.1) is 0 Å². The number of hydrogen-bond acceptors (Lipinski definition) is 2. The first kappa shape index (κ1) is 18.2. The van der Waals surface area contributed by atoms with Gasteiger partial charge in [-0.15, -0.1) is 0 Å². The number of aromatic hydroxyl groups is 1. The highest BCUT2D eigenvalue weighted by atomic mass is 16.6. The molecule has 0 atom stereocenters. The Morgan fingerprint density at radius 1 is 0.739 bits per heavy atom. The second kappa shape index (κ2) is 10.6. The molecule has 1 heterocycles. The largest absolute Gasteiger partial charge is 0.508 e. The zero-order chi connectivity index (χ0) is 16.3. The van der Waals surface area contributed by atoms with Gasteiger partial charge in [-0.25, -0.2) is 0 Å². The van der Waals surface area contributed by atoms with E-state index in [1.54, 1.807) is 6.07 Å². The van der Waals surface area contributed by atoms with Crippen LogP contribution in [-0.2, 0) is 6.42 Å². The van der Waals surface area contributed by atoms with E-state index in [9.17, 15) is 5.11 Å². The van der Waals surface area contributed by atoms with Gasteiger partial charge in [0.15, 0.2) is 11.5 Å². The molecule has 0 amide bonds. The van der Waals surface area contributed by atoms with E-state index in [1.807, 2.05) is 6.07 Å². The van der Waals surface area contributed by atoms with Gasteiger partial charge in [0.05, 0.1) is 0 Å². The minimum absolute atomic E-state index is 0.403. The fourth-order valence-electron chi connectivity index (χ4n) is 3.34. The third kappa shape index (κ3) is 6.85. The molecule has 1 aromatic rings. The molecule has 0 bridgehead atoms. The minimum atomic E-state index is 0.403. The average molecular weight is 319 g/mol. The van der Waals surface area contributed by atoms with E-state index in [1.165, 1.54) is 77.0 Å². The quantitative estimate of drug-likeness (QED) is 0.297. The molecule has 0 aromatic heterocycles. The number of ether oxygens (including phenoxy) is 1. The van der Waals surface area contributed by atoms with Crippen LogP contribution in [0.1, 0.15) is 96.0 Å². The number of phenolic OH excluding ortho intramolecular Hbond substituents is 1. The first-order valence-corrected chi connectivity index (χ1v) is 9.85. The summed E-state index contributed by atoms with van der Waals surface area (Å²) in [5.41, 5.74) is 1.02. The predicted octanol–water partition coefficient (Wildman–Crippen LogP) is 7.13. The standard InChI is InChI=1S/C21H34O2/c1-2-3-4-5-6-7-8-9-10-11-12-13-14-15-18-19(22)16-17-20-21(18)23-20/h16-17,22H,2-15H2,1H3. The van der Waals surface area contributed by atoms with E-state index < -0.39 is 0 Å². The van der Waals surface area contributed by atoms with E-state index >= 15 is 0 Å². The number of fused-ring (bicyclic) bond motifs is 1. The molecule has 2 rings (SSSR count). The maximum atomic E-state index is 9.84. The Morgan fingerprint density at radius 2 is 1.26 bits per heavy atom. The fraction of sp³-hybridized carbons (Fsp3) is 0.714. The van der Waals surface area contributed by atoms with E-state index in [0.29, 0.717) is 5.75 Å². The van der Waals surface area contributed by atoms with Crippen molar-refractivity contribution in [2.75, 3.05) is 0 Å². The van der Waals surface area contributed by atoms with Crippen molar-refractivity contribution in [3.8, 4) is 17.2 Å². The van der Waals surface area contributed by atoms with Gasteiger partial charge in [0, 0.05) is 5.56 Å². The molecule has 0 fully saturated rings. The van der Waals surface area contributed by atoms with Crippen molar-refractivity contribution >= 4 is 0 Å². The zero-order valence-corrected chi connectivity index (χ0v) is 14.9. The van der Waals surface area contributed by atoms with Gasteiger partial charge in [-0.05, 0) is 25.0 Å². The highest BCUT2D eigenvalue weighted by Gasteiger charge is 2.26. The molecule has 2 nitrogen and oxygen atoms in total. The van der Waals surface area contributed by atoms with Gasteiger partial charge >= 0.3 is 0 Å². The number of hydrogen-bond donors (Lipinski definition) is 1. The van der Waals surface area contributed by atoms with Crippen LogP contribution in [-0.4, -0.2) is 5.11 Å². The molecule has 1 N–H and O–H groups in total. The van der Waals surface area contributed by atoms with Gasteiger partial charge in [0.2, 0.25) is 0 Å². The summed E-state index contributed by atoms with van der Waals surface area (Å²) in [6.07, 6.45) is 18.8. The fourth-order valence-corrected chi connectivity index (χ4v) is 3.34. The lowest BCUT2D eigenvalue weighted by molar-refractivity contribution is 0.465. The lowest BCUT2D eigenvalue weighted by atomic mass is 10.0. The summed E-state index contributed by atoms with van der Waals surface area (Å²) < 4.78 is 5.35. The normalized spacial score (nSPS) is 12.0. The van der Waals surface area contributed by atoms with Gasteiger partial charge < -0.3 is 9.84 Å². The molecular weight excluding hydrogens is 284 g/mol. The second-order valence-corrected chi connectivity index (χ2v) is 6.99. The van der Waals surface area contributed by atoms with E-state index in [0.717, 1.165) is 29.9 Å². The van der Waals surface area contributed by atoms with Crippen LogP contribution in [0.2, 0.25) is 0 Å². The number of rotatable bonds is 14. The first-order valence-electron chi connectivity index (χ1n) is 9.85. The summed E-state index contributed by atoms with van der Waals surface area (Å²) in [6.45, 7) is 2.28. The van der Waals surface area contributed by atoms with Crippen molar-refractivity contribution in [1.29, 1.82) is 0 Å². The maximum Gasteiger partial charge on any atom is 0.177 e. The summed E-state index contributed by atoms with van der Waals surface area (Å²) >= 11 is 0. The Labute approximate surface area is 142 Å². The van der Waals surface area contributed by atoms with Crippen molar-refractivity contribution in [1.82, 2.24) is 0 Å². The minimum Gasteiger partial charge on any atom is -0.508 e. The van der Waals surface area contributed by atoms with E-state index in [-0.39, 0.29) is 0 Å². The molecule has 0 spiro atoms. The van der Waals surface area contributed by atoms with Crippen molar-refractivity contribution in [2.24, 2.45) is 0 Å². The van der Waals surface area contributed by atoms with Crippen molar-refractivity contribution in [3.63, 3.8) is 0 Å². The summed E-state index contributed by atoms with van der Waals surface area (Å²) in [5.74, 6) is 2.29.